The molecule has 2 aromatic carbocycles. The molecular formula is C25H30N2O6. The standard InChI is InChI=1S/C25H30N2O6/c1-5-27(13-18-8-11-20-21(12-18)33-15-32-20)22(28)14-31-25(30)23(16(2)3)26-24(29)19-9-6-17(4)7-10-19/h6-12,16,23H,5,13-15H2,1-4H3,(H,26,29)/t23-/m1/s1. The topological polar surface area (TPSA) is 94.2 Å². The van der Waals surface area contributed by atoms with Gasteiger partial charge in [0.1, 0.15) is 6.04 Å². The molecule has 0 aromatic heterocycles. The number of fused-ring (bicyclic) bond motifs is 1. The van der Waals surface area contributed by atoms with Crippen molar-refractivity contribution in [2.45, 2.75) is 40.3 Å². The molecule has 8 nitrogen and oxygen atoms in total. The van der Waals surface area contributed by atoms with E-state index in [-0.39, 0.29) is 24.5 Å². The van der Waals surface area contributed by atoms with Crippen LogP contribution in [0.15, 0.2) is 42.5 Å². The Kier molecular flexibility index (Phi) is 7.92. The van der Waals surface area contributed by atoms with Crippen molar-refractivity contribution in [3.8, 4) is 11.5 Å². The van der Waals surface area contributed by atoms with Crippen LogP contribution in [-0.2, 0) is 20.9 Å². The van der Waals surface area contributed by atoms with Crippen LogP contribution in [0.2, 0.25) is 0 Å². The number of ether oxygens (including phenoxy) is 3. The lowest BCUT2D eigenvalue weighted by atomic mass is 10.0. The summed E-state index contributed by atoms with van der Waals surface area (Å²) in [5, 5.41) is 2.72. The zero-order valence-corrected chi connectivity index (χ0v) is 19.4. The molecule has 0 radical (unpaired) electrons. The molecule has 33 heavy (non-hydrogen) atoms. The van der Waals surface area contributed by atoms with Gasteiger partial charge in [-0.05, 0) is 49.6 Å². The van der Waals surface area contributed by atoms with Gasteiger partial charge in [0, 0.05) is 18.7 Å². The number of nitrogens with zero attached hydrogens (tertiary/aromatic N) is 1. The first-order chi connectivity index (χ1) is 15.8. The maximum Gasteiger partial charge on any atom is 0.329 e. The van der Waals surface area contributed by atoms with Gasteiger partial charge >= 0.3 is 5.97 Å². The Morgan fingerprint density at radius 2 is 1.76 bits per heavy atom. The van der Waals surface area contributed by atoms with Crippen molar-refractivity contribution in [1.29, 1.82) is 0 Å². The SMILES string of the molecule is CCN(Cc1ccc2c(c1)OCO2)C(=O)COC(=O)[C@H](NC(=O)c1ccc(C)cc1)C(C)C. The molecule has 0 saturated carbocycles. The second-order valence-corrected chi connectivity index (χ2v) is 8.26. The Morgan fingerprint density at radius 3 is 2.42 bits per heavy atom. The molecule has 0 unspecified atom stereocenters. The highest BCUT2D eigenvalue weighted by Gasteiger charge is 2.27. The average Bonchev–Trinajstić information content (AvgIpc) is 3.27. The Bertz CT molecular complexity index is 1000. The molecule has 0 saturated heterocycles. The van der Waals surface area contributed by atoms with Gasteiger partial charge in [-0.15, -0.1) is 0 Å². The van der Waals surface area contributed by atoms with Crippen LogP contribution in [0.4, 0.5) is 0 Å². The monoisotopic (exact) mass is 454 g/mol. The van der Waals surface area contributed by atoms with Crippen LogP contribution in [0, 0.1) is 12.8 Å². The van der Waals surface area contributed by atoms with Crippen LogP contribution >= 0.6 is 0 Å². The maximum atomic E-state index is 12.7. The molecule has 0 fully saturated rings. The summed E-state index contributed by atoms with van der Waals surface area (Å²) in [6.07, 6.45) is 0. The molecule has 8 heteroatoms. The summed E-state index contributed by atoms with van der Waals surface area (Å²) in [5.74, 6) is -0.220. The van der Waals surface area contributed by atoms with Crippen molar-refractivity contribution in [3.05, 3.63) is 59.2 Å². The van der Waals surface area contributed by atoms with E-state index in [0.717, 1.165) is 11.1 Å². The van der Waals surface area contributed by atoms with E-state index in [4.69, 9.17) is 14.2 Å². The summed E-state index contributed by atoms with van der Waals surface area (Å²) in [5.41, 5.74) is 2.37. The van der Waals surface area contributed by atoms with E-state index < -0.39 is 18.6 Å². The van der Waals surface area contributed by atoms with Gasteiger partial charge < -0.3 is 24.4 Å². The zero-order valence-electron chi connectivity index (χ0n) is 19.4. The van der Waals surface area contributed by atoms with Gasteiger partial charge in [0.25, 0.3) is 11.8 Å². The molecule has 1 aliphatic rings. The second-order valence-electron chi connectivity index (χ2n) is 8.26. The average molecular weight is 455 g/mol. The van der Waals surface area contributed by atoms with Crippen LogP contribution in [-0.4, -0.2) is 48.7 Å². The molecule has 0 aliphatic carbocycles. The first-order valence-corrected chi connectivity index (χ1v) is 11.0. The normalized spacial score (nSPS) is 12.9. The van der Waals surface area contributed by atoms with E-state index in [2.05, 4.69) is 5.32 Å². The van der Waals surface area contributed by atoms with Crippen molar-refractivity contribution in [3.63, 3.8) is 0 Å². The molecule has 2 aromatic rings. The van der Waals surface area contributed by atoms with Gasteiger partial charge in [-0.25, -0.2) is 4.79 Å². The van der Waals surface area contributed by atoms with E-state index in [0.29, 0.717) is 30.2 Å². The maximum absolute atomic E-state index is 12.7. The number of amides is 2. The third-order valence-corrected chi connectivity index (χ3v) is 5.40. The lowest BCUT2D eigenvalue weighted by Crippen LogP contribution is -2.46. The highest BCUT2D eigenvalue weighted by atomic mass is 16.7. The van der Waals surface area contributed by atoms with E-state index >= 15 is 0 Å². The van der Waals surface area contributed by atoms with Crippen molar-refractivity contribution < 1.29 is 28.6 Å². The van der Waals surface area contributed by atoms with E-state index in [1.54, 1.807) is 36.9 Å². The highest BCUT2D eigenvalue weighted by Crippen LogP contribution is 2.32. The predicted octanol–water partition coefficient (Wildman–Crippen LogP) is 3.07. The quantitative estimate of drug-likeness (QED) is 0.586. The number of benzene rings is 2. The number of carbonyl (C=O) groups is 3. The molecule has 1 heterocycles. The Morgan fingerprint density at radius 1 is 1.06 bits per heavy atom. The van der Waals surface area contributed by atoms with Crippen LogP contribution in [0.5, 0.6) is 11.5 Å². The number of hydrogen-bond donors (Lipinski definition) is 1. The van der Waals surface area contributed by atoms with Crippen LogP contribution in [0.1, 0.15) is 42.3 Å². The first kappa shape index (κ1) is 24.1. The number of hydrogen-bond acceptors (Lipinski definition) is 6. The largest absolute Gasteiger partial charge is 0.454 e. The first-order valence-electron chi connectivity index (χ1n) is 11.0. The summed E-state index contributed by atoms with van der Waals surface area (Å²) in [6.45, 7) is 7.97. The molecule has 176 valence electrons. The third-order valence-electron chi connectivity index (χ3n) is 5.40. The Labute approximate surface area is 193 Å². The van der Waals surface area contributed by atoms with Crippen molar-refractivity contribution in [1.82, 2.24) is 10.2 Å². The molecule has 0 bridgehead atoms. The lowest BCUT2D eigenvalue weighted by Gasteiger charge is -2.23. The summed E-state index contributed by atoms with van der Waals surface area (Å²) < 4.78 is 16.0. The number of aryl methyl sites for hydroxylation is 1. The number of carbonyl (C=O) groups excluding carboxylic acids is 3. The van der Waals surface area contributed by atoms with Crippen LogP contribution < -0.4 is 14.8 Å². The van der Waals surface area contributed by atoms with Gasteiger partial charge in [-0.2, -0.15) is 0 Å². The molecule has 2 amide bonds. The number of esters is 1. The number of likely N-dealkylation sites (N-methyl/N-ethyl adjacent to an activating group) is 1. The zero-order chi connectivity index (χ0) is 24.0. The van der Waals surface area contributed by atoms with Gasteiger partial charge in [-0.3, -0.25) is 9.59 Å². The highest BCUT2D eigenvalue weighted by molar-refractivity contribution is 5.97. The molecule has 3 rings (SSSR count). The smallest absolute Gasteiger partial charge is 0.329 e. The Balaban J connectivity index is 1.56. The second kappa shape index (κ2) is 10.8. The minimum Gasteiger partial charge on any atom is -0.454 e. The predicted molar refractivity (Wildman–Crippen MR) is 122 cm³/mol. The van der Waals surface area contributed by atoms with Crippen molar-refractivity contribution in [2.75, 3.05) is 19.9 Å². The fourth-order valence-corrected chi connectivity index (χ4v) is 3.38. The van der Waals surface area contributed by atoms with E-state index in [9.17, 15) is 14.4 Å². The molecule has 1 atom stereocenters. The van der Waals surface area contributed by atoms with Gasteiger partial charge in [-0.1, -0.05) is 37.6 Å². The van der Waals surface area contributed by atoms with Crippen LogP contribution in [0.3, 0.4) is 0 Å². The van der Waals surface area contributed by atoms with E-state index in [1.807, 2.05) is 38.1 Å². The summed E-state index contributed by atoms with van der Waals surface area (Å²) >= 11 is 0. The minimum absolute atomic E-state index is 0.183. The molecule has 1 aliphatic heterocycles. The number of rotatable bonds is 9. The van der Waals surface area contributed by atoms with Crippen LogP contribution in [0.25, 0.3) is 0 Å². The molecule has 0 spiro atoms. The summed E-state index contributed by atoms with van der Waals surface area (Å²) in [6, 6.07) is 11.7. The Hall–Kier alpha value is -3.55. The van der Waals surface area contributed by atoms with Gasteiger partial charge in [0.15, 0.2) is 18.1 Å². The number of nitrogens with one attached hydrogen (secondary N) is 1. The molecular weight excluding hydrogens is 424 g/mol. The summed E-state index contributed by atoms with van der Waals surface area (Å²) in [7, 11) is 0. The van der Waals surface area contributed by atoms with Crippen molar-refractivity contribution >= 4 is 17.8 Å². The fraction of sp³-hybridized carbons (Fsp3) is 0.400. The van der Waals surface area contributed by atoms with Crippen molar-refractivity contribution in [2.24, 2.45) is 5.92 Å². The van der Waals surface area contributed by atoms with Gasteiger partial charge in [0.2, 0.25) is 6.79 Å². The lowest BCUT2D eigenvalue weighted by molar-refractivity contribution is -0.154. The van der Waals surface area contributed by atoms with E-state index in [1.165, 1.54) is 0 Å². The minimum atomic E-state index is -0.865. The van der Waals surface area contributed by atoms with Gasteiger partial charge in [0.05, 0.1) is 0 Å². The summed E-state index contributed by atoms with van der Waals surface area (Å²) in [4.78, 5) is 39.5. The molecule has 1 N–H and O–H groups in total. The third kappa shape index (κ3) is 6.25. The fourth-order valence-electron chi connectivity index (χ4n) is 3.38.